The van der Waals surface area contributed by atoms with Gasteiger partial charge in [0.25, 0.3) is 0 Å². The molecule has 4 aromatic rings. The first-order valence-corrected chi connectivity index (χ1v) is 11.7. The lowest BCUT2D eigenvalue weighted by atomic mass is 10.0. The Balaban J connectivity index is 1.54. The zero-order chi connectivity index (χ0) is 22.3. The fourth-order valence-corrected chi connectivity index (χ4v) is 5.62. The van der Waals surface area contributed by atoms with Crippen molar-refractivity contribution in [2.45, 2.75) is 24.4 Å². The number of pyridine rings is 1. The fraction of sp³-hybridized carbons (Fsp3) is 0.217. The molecule has 2 aromatic heterocycles. The Bertz CT molecular complexity index is 1470. The van der Waals surface area contributed by atoms with Crippen LogP contribution >= 0.6 is 0 Å². The Morgan fingerprint density at radius 3 is 2.66 bits per heavy atom. The molecule has 0 bridgehead atoms. The van der Waals surface area contributed by atoms with Crippen LogP contribution < -0.4 is 10.4 Å². The summed E-state index contributed by atoms with van der Waals surface area (Å²) in [7, 11) is -2.26. The molecule has 1 aliphatic heterocycles. The number of hydrogen-bond acceptors (Lipinski definition) is 5. The van der Waals surface area contributed by atoms with E-state index in [1.54, 1.807) is 13.2 Å². The van der Waals surface area contributed by atoms with Gasteiger partial charge in [0, 0.05) is 19.3 Å². The summed E-state index contributed by atoms with van der Waals surface area (Å²) in [6, 6.07) is 18.3. The topological polar surface area (TPSA) is 85.9 Å². The molecule has 0 atom stereocenters. The van der Waals surface area contributed by atoms with Gasteiger partial charge in [-0.25, -0.2) is 22.3 Å². The number of fused-ring (bicyclic) bond motifs is 2. The standard InChI is InChI=1S/C23H22N4O4S/c1-31-20-9-4-6-17(14-20)15-27-23(28)26-12-5-10-21(22(26)24-27)32(29,30)25-13-11-18-7-2-3-8-19(18)16-25/h2-10,12,14H,11,13,15-16H2,1H3. The van der Waals surface area contributed by atoms with E-state index in [1.807, 2.05) is 48.5 Å². The maximum absolute atomic E-state index is 13.5. The van der Waals surface area contributed by atoms with Gasteiger partial charge in [-0.15, -0.1) is 5.10 Å². The quantitative estimate of drug-likeness (QED) is 0.466. The third-order valence-corrected chi connectivity index (χ3v) is 7.62. The summed E-state index contributed by atoms with van der Waals surface area (Å²) >= 11 is 0. The minimum Gasteiger partial charge on any atom is -0.497 e. The van der Waals surface area contributed by atoms with Crippen LogP contribution in [0, 0.1) is 0 Å². The van der Waals surface area contributed by atoms with Crippen molar-refractivity contribution in [2.75, 3.05) is 13.7 Å². The second-order valence-electron chi connectivity index (χ2n) is 7.72. The fourth-order valence-electron chi connectivity index (χ4n) is 4.08. The lowest BCUT2D eigenvalue weighted by Crippen LogP contribution is -2.36. The number of nitrogens with zero attached hydrogens (tertiary/aromatic N) is 4. The van der Waals surface area contributed by atoms with Crippen LogP contribution in [0.25, 0.3) is 5.65 Å². The van der Waals surface area contributed by atoms with Gasteiger partial charge < -0.3 is 4.74 Å². The summed E-state index contributed by atoms with van der Waals surface area (Å²) in [5.74, 6) is 0.674. The van der Waals surface area contributed by atoms with Gasteiger partial charge in [-0.3, -0.25) is 0 Å². The molecule has 0 radical (unpaired) electrons. The molecule has 5 rings (SSSR count). The average molecular weight is 451 g/mol. The zero-order valence-corrected chi connectivity index (χ0v) is 18.3. The molecule has 164 valence electrons. The number of hydrogen-bond donors (Lipinski definition) is 0. The molecule has 32 heavy (non-hydrogen) atoms. The van der Waals surface area contributed by atoms with Gasteiger partial charge in [-0.1, -0.05) is 36.4 Å². The average Bonchev–Trinajstić information content (AvgIpc) is 3.14. The Hall–Kier alpha value is -3.43. The molecule has 0 fully saturated rings. The van der Waals surface area contributed by atoms with Crippen LogP contribution in [0.1, 0.15) is 16.7 Å². The summed E-state index contributed by atoms with van der Waals surface area (Å²) in [6.07, 6.45) is 2.19. The Morgan fingerprint density at radius 2 is 1.84 bits per heavy atom. The van der Waals surface area contributed by atoms with E-state index < -0.39 is 15.7 Å². The van der Waals surface area contributed by atoms with Crippen molar-refractivity contribution in [3.63, 3.8) is 0 Å². The van der Waals surface area contributed by atoms with E-state index in [4.69, 9.17) is 4.74 Å². The van der Waals surface area contributed by atoms with Crippen molar-refractivity contribution in [2.24, 2.45) is 0 Å². The van der Waals surface area contributed by atoms with E-state index in [1.165, 1.54) is 25.7 Å². The van der Waals surface area contributed by atoms with Crippen molar-refractivity contribution >= 4 is 15.7 Å². The number of ether oxygens (including phenoxy) is 1. The van der Waals surface area contributed by atoms with E-state index in [2.05, 4.69) is 5.10 Å². The summed E-state index contributed by atoms with van der Waals surface area (Å²) in [5.41, 5.74) is 2.71. The van der Waals surface area contributed by atoms with Crippen LogP contribution in [-0.2, 0) is 29.5 Å². The third kappa shape index (κ3) is 3.49. The molecule has 9 heteroatoms. The van der Waals surface area contributed by atoms with Gasteiger partial charge in [-0.05, 0) is 47.4 Å². The second-order valence-corrected chi connectivity index (χ2v) is 9.62. The Labute approximate surface area is 185 Å². The minimum absolute atomic E-state index is 0.0286. The molecule has 8 nitrogen and oxygen atoms in total. The molecule has 3 heterocycles. The Kier molecular flexibility index (Phi) is 5.07. The van der Waals surface area contributed by atoms with Gasteiger partial charge in [0.15, 0.2) is 5.65 Å². The summed E-state index contributed by atoms with van der Waals surface area (Å²) < 4.78 is 36.3. The largest absolute Gasteiger partial charge is 0.497 e. The normalized spacial score (nSPS) is 14.4. The molecular formula is C23H22N4O4S. The highest BCUT2D eigenvalue weighted by atomic mass is 32.2. The van der Waals surface area contributed by atoms with Gasteiger partial charge in [0.1, 0.15) is 10.6 Å². The lowest BCUT2D eigenvalue weighted by Gasteiger charge is -2.28. The minimum atomic E-state index is -3.84. The predicted molar refractivity (Wildman–Crippen MR) is 119 cm³/mol. The molecule has 0 amide bonds. The molecule has 0 spiro atoms. The third-order valence-electron chi connectivity index (χ3n) is 5.75. The highest BCUT2D eigenvalue weighted by Gasteiger charge is 2.31. The number of methoxy groups -OCH3 is 1. The maximum Gasteiger partial charge on any atom is 0.350 e. The summed E-state index contributed by atoms with van der Waals surface area (Å²) in [5, 5.41) is 4.39. The zero-order valence-electron chi connectivity index (χ0n) is 17.5. The SMILES string of the molecule is COc1cccc(Cn2nc3c(S(=O)(=O)N4CCc5ccccc5C4)cccn3c2=O)c1. The van der Waals surface area contributed by atoms with Gasteiger partial charge >= 0.3 is 5.69 Å². The van der Waals surface area contributed by atoms with E-state index >= 15 is 0 Å². The summed E-state index contributed by atoms with van der Waals surface area (Å²) in [6.45, 7) is 0.887. The van der Waals surface area contributed by atoms with Gasteiger partial charge in [0.2, 0.25) is 10.0 Å². The van der Waals surface area contributed by atoms with Crippen molar-refractivity contribution < 1.29 is 13.2 Å². The van der Waals surface area contributed by atoms with Crippen LogP contribution in [0.5, 0.6) is 5.75 Å². The number of sulfonamides is 1. The van der Waals surface area contributed by atoms with Crippen molar-refractivity contribution in [1.82, 2.24) is 18.5 Å². The van der Waals surface area contributed by atoms with Gasteiger partial charge in [0.05, 0.1) is 13.7 Å². The van der Waals surface area contributed by atoms with Crippen LogP contribution in [0.15, 0.2) is 76.6 Å². The van der Waals surface area contributed by atoms with E-state index in [0.29, 0.717) is 25.3 Å². The molecule has 0 saturated heterocycles. The highest BCUT2D eigenvalue weighted by Crippen LogP contribution is 2.26. The lowest BCUT2D eigenvalue weighted by molar-refractivity contribution is 0.391. The maximum atomic E-state index is 13.5. The van der Waals surface area contributed by atoms with Crippen LogP contribution in [0.2, 0.25) is 0 Å². The van der Waals surface area contributed by atoms with Gasteiger partial charge in [-0.2, -0.15) is 4.31 Å². The molecule has 0 N–H and O–H groups in total. The molecule has 0 aliphatic carbocycles. The first-order valence-electron chi connectivity index (χ1n) is 10.3. The first kappa shape index (κ1) is 20.5. The first-order chi connectivity index (χ1) is 15.5. The van der Waals surface area contributed by atoms with E-state index in [9.17, 15) is 13.2 Å². The van der Waals surface area contributed by atoms with Crippen LogP contribution in [-0.4, -0.2) is 40.6 Å². The van der Waals surface area contributed by atoms with E-state index in [0.717, 1.165) is 16.7 Å². The monoisotopic (exact) mass is 450 g/mol. The highest BCUT2D eigenvalue weighted by molar-refractivity contribution is 7.89. The smallest absolute Gasteiger partial charge is 0.350 e. The Morgan fingerprint density at radius 1 is 1.03 bits per heavy atom. The second kappa shape index (κ2) is 7.92. The molecular weight excluding hydrogens is 428 g/mol. The van der Waals surface area contributed by atoms with Crippen molar-refractivity contribution in [3.8, 4) is 5.75 Å². The summed E-state index contributed by atoms with van der Waals surface area (Å²) in [4.78, 5) is 13.0. The van der Waals surface area contributed by atoms with Crippen LogP contribution in [0.4, 0.5) is 0 Å². The van der Waals surface area contributed by atoms with Crippen molar-refractivity contribution in [3.05, 3.63) is 94.0 Å². The number of benzene rings is 2. The number of rotatable bonds is 5. The molecule has 0 unspecified atom stereocenters. The number of aromatic nitrogens is 3. The predicted octanol–water partition coefficient (Wildman–Crippen LogP) is 2.30. The van der Waals surface area contributed by atoms with E-state index in [-0.39, 0.29) is 17.1 Å². The van der Waals surface area contributed by atoms with Crippen LogP contribution in [0.3, 0.4) is 0 Å². The molecule has 1 aliphatic rings. The molecule has 0 saturated carbocycles. The van der Waals surface area contributed by atoms with Crippen molar-refractivity contribution in [1.29, 1.82) is 0 Å². The molecule has 2 aromatic carbocycles.